The molecule has 1 atom stereocenters. The van der Waals surface area contributed by atoms with Crippen molar-refractivity contribution in [3.8, 4) is 0 Å². The van der Waals surface area contributed by atoms with Gasteiger partial charge in [-0.1, -0.05) is 0 Å². The number of piperidine rings is 1. The summed E-state index contributed by atoms with van der Waals surface area (Å²) in [6, 6.07) is -0.662. The average molecular weight is 299 g/mol. The molecule has 0 aromatic rings. The molecule has 0 bridgehead atoms. The Kier molecular flexibility index (Phi) is 4.66. The summed E-state index contributed by atoms with van der Waals surface area (Å²) in [5.41, 5.74) is -1.27. The largest absolute Gasteiger partial charge is 0.480 e. The van der Waals surface area contributed by atoms with E-state index in [-0.39, 0.29) is 24.8 Å². The summed E-state index contributed by atoms with van der Waals surface area (Å²) in [4.78, 5) is 36.4. The van der Waals surface area contributed by atoms with Crippen LogP contribution < -0.4 is 10.6 Å². The first kappa shape index (κ1) is 15.6. The van der Waals surface area contributed by atoms with Crippen LogP contribution in [0.4, 0.5) is 4.79 Å². The van der Waals surface area contributed by atoms with Crippen molar-refractivity contribution in [1.82, 2.24) is 15.5 Å². The summed E-state index contributed by atoms with van der Waals surface area (Å²) in [5.74, 6) is -0.989. The molecular formula is C13H21N3O5. The van der Waals surface area contributed by atoms with Crippen LogP contribution in [-0.4, -0.2) is 66.3 Å². The Morgan fingerprint density at radius 2 is 2.05 bits per heavy atom. The minimum atomic E-state index is -1.27. The van der Waals surface area contributed by atoms with Crippen molar-refractivity contribution in [2.75, 3.05) is 26.8 Å². The van der Waals surface area contributed by atoms with Crippen LogP contribution in [0.15, 0.2) is 0 Å². The molecule has 2 heterocycles. The second-order valence-corrected chi connectivity index (χ2v) is 5.61. The van der Waals surface area contributed by atoms with E-state index < -0.39 is 17.5 Å². The van der Waals surface area contributed by atoms with Gasteiger partial charge < -0.3 is 25.4 Å². The molecule has 2 rings (SSSR count). The molecule has 3 N–H and O–H groups in total. The third-order valence-corrected chi connectivity index (χ3v) is 4.07. The van der Waals surface area contributed by atoms with E-state index in [4.69, 9.17) is 4.74 Å². The van der Waals surface area contributed by atoms with Crippen molar-refractivity contribution >= 4 is 17.9 Å². The van der Waals surface area contributed by atoms with E-state index >= 15 is 0 Å². The highest BCUT2D eigenvalue weighted by atomic mass is 16.5. The quantitative estimate of drug-likeness (QED) is 0.653. The van der Waals surface area contributed by atoms with E-state index in [1.807, 2.05) is 0 Å². The molecule has 8 nitrogen and oxygen atoms in total. The van der Waals surface area contributed by atoms with Crippen molar-refractivity contribution in [2.24, 2.45) is 0 Å². The topological polar surface area (TPSA) is 108 Å². The fourth-order valence-electron chi connectivity index (χ4n) is 2.68. The van der Waals surface area contributed by atoms with Gasteiger partial charge in [-0.3, -0.25) is 4.79 Å². The van der Waals surface area contributed by atoms with Crippen LogP contribution >= 0.6 is 0 Å². The number of urea groups is 1. The maximum absolute atomic E-state index is 12.0. The number of ether oxygens (including phenoxy) is 1. The fourth-order valence-corrected chi connectivity index (χ4v) is 2.68. The van der Waals surface area contributed by atoms with Gasteiger partial charge in [-0.05, 0) is 6.42 Å². The lowest BCUT2D eigenvalue weighted by molar-refractivity contribution is -0.148. The minimum Gasteiger partial charge on any atom is -0.480 e. The zero-order valence-electron chi connectivity index (χ0n) is 12.1. The fraction of sp³-hybridized carbons (Fsp3) is 0.769. The number of carboxylic acids is 1. The highest BCUT2D eigenvalue weighted by Gasteiger charge is 2.42. The SMILES string of the molecule is CN1CC(NC(=O)NC2(C(=O)O)CCOCC2)CCC1=O. The number of hydrogen-bond donors (Lipinski definition) is 3. The van der Waals surface area contributed by atoms with Crippen LogP contribution in [0.5, 0.6) is 0 Å². The predicted molar refractivity (Wildman–Crippen MR) is 72.7 cm³/mol. The number of nitrogens with zero attached hydrogens (tertiary/aromatic N) is 1. The highest BCUT2D eigenvalue weighted by Crippen LogP contribution is 2.21. The van der Waals surface area contributed by atoms with E-state index in [9.17, 15) is 19.5 Å². The molecule has 2 aliphatic rings. The zero-order valence-corrected chi connectivity index (χ0v) is 12.1. The number of carboxylic acid groups (broad SMARTS) is 1. The van der Waals surface area contributed by atoms with Gasteiger partial charge in [0.1, 0.15) is 5.54 Å². The lowest BCUT2D eigenvalue weighted by Crippen LogP contribution is -2.61. The standard InChI is InChI=1S/C13H21N3O5/c1-16-8-9(2-3-10(16)17)14-12(20)15-13(11(18)19)4-6-21-7-5-13/h9H,2-8H2,1H3,(H,18,19)(H2,14,15,20). The second kappa shape index (κ2) is 6.30. The molecule has 118 valence electrons. The molecule has 0 aromatic carbocycles. The van der Waals surface area contributed by atoms with E-state index in [1.165, 1.54) is 0 Å². The Labute approximate surface area is 122 Å². The number of carbonyl (C=O) groups excluding carboxylic acids is 2. The Morgan fingerprint density at radius 1 is 1.38 bits per heavy atom. The maximum Gasteiger partial charge on any atom is 0.329 e. The van der Waals surface area contributed by atoms with Gasteiger partial charge in [0.2, 0.25) is 5.91 Å². The molecule has 2 saturated heterocycles. The molecule has 3 amide bonds. The molecule has 0 saturated carbocycles. The van der Waals surface area contributed by atoms with Gasteiger partial charge in [0.25, 0.3) is 0 Å². The van der Waals surface area contributed by atoms with Crippen LogP contribution in [0.25, 0.3) is 0 Å². The van der Waals surface area contributed by atoms with Gasteiger partial charge >= 0.3 is 12.0 Å². The predicted octanol–water partition coefficient (Wildman–Crippen LogP) is -0.460. The second-order valence-electron chi connectivity index (χ2n) is 5.61. The van der Waals surface area contributed by atoms with Crippen LogP contribution in [0.2, 0.25) is 0 Å². The molecule has 0 radical (unpaired) electrons. The van der Waals surface area contributed by atoms with Gasteiger partial charge in [-0.25, -0.2) is 9.59 Å². The highest BCUT2D eigenvalue weighted by molar-refractivity contribution is 5.86. The van der Waals surface area contributed by atoms with Gasteiger partial charge in [-0.2, -0.15) is 0 Å². The zero-order chi connectivity index (χ0) is 15.5. The molecule has 21 heavy (non-hydrogen) atoms. The summed E-state index contributed by atoms with van der Waals surface area (Å²) in [5, 5.41) is 14.7. The number of amides is 3. The molecule has 1 unspecified atom stereocenters. The van der Waals surface area contributed by atoms with Gasteiger partial charge in [0, 0.05) is 52.1 Å². The smallest absolute Gasteiger partial charge is 0.329 e. The third-order valence-electron chi connectivity index (χ3n) is 4.07. The first-order chi connectivity index (χ1) is 9.93. The van der Waals surface area contributed by atoms with Crippen molar-refractivity contribution in [3.05, 3.63) is 0 Å². The first-order valence-electron chi connectivity index (χ1n) is 7.07. The number of likely N-dealkylation sites (N-methyl/N-ethyl adjacent to an activating group) is 1. The number of aliphatic carboxylic acids is 1. The number of hydrogen-bond acceptors (Lipinski definition) is 4. The lowest BCUT2D eigenvalue weighted by atomic mass is 9.90. The van der Waals surface area contributed by atoms with Crippen LogP contribution in [0, 0.1) is 0 Å². The van der Waals surface area contributed by atoms with E-state index in [0.717, 1.165) is 0 Å². The monoisotopic (exact) mass is 299 g/mol. The number of nitrogens with one attached hydrogen (secondary N) is 2. The molecule has 2 aliphatic heterocycles. The molecule has 0 aliphatic carbocycles. The Bertz CT molecular complexity index is 434. The summed E-state index contributed by atoms with van der Waals surface area (Å²) in [6.45, 7) is 1.07. The summed E-state index contributed by atoms with van der Waals surface area (Å²) >= 11 is 0. The Morgan fingerprint density at radius 3 is 2.62 bits per heavy atom. The molecule has 0 spiro atoms. The van der Waals surface area contributed by atoms with Crippen molar-refractivity contribution in [1.29, 1.82) is 0 Å². The number of likely N-dealkylation sites (tertiary alicyclic amines) is 1. The van der Waals surface area contributed by atoms with E-state index in [2.05, 4.69) is 10.6 Å². The van der Waals surface area contributed by atoms with Crippen LogP contribution in [0.3, 0.4) is 0 Å². The summed E-state index contributed by atoms with van der Waals surface area (Å²) in [7, 11) is 1.69. The summed E-state index contributed by atoms with van der Waals surface area (Å²) in [6.07, 6.45) is 1.46. The molecule has 8 heteroatoms. The third kappa shape index (κ3) is 3.63. The average Bonchev–Trinajstić information content (AvgIpc) is 2.43. The van der Waals surface area contributed by atoms with Gasteiger partial charge in [0.05, 0.1) is 0 Å². The molecular weight excluding hydrogens is 278 g/mol. The lowest BCUT2D eigenvalue weighted by Gasteiger charge is -2.35. The van der Waals surface area contributed by atoms with Crippen molar-refractivity contribution in [2.45, 2.75) is 37.3 Å². The number of carbonyl (C=O) groups is 3. The van der Waals surface area contributed by atoms with Crippen LogP contribution in [-0.2, 0) is 14.3 Å². The van der Waals surface area contributed by atoms with Gasteiger partial charge in [-0.15, -0.1) is 0 Å². The minimum absolute atomic E-state index is 0.0555. The van der Waals surface area contributed by atoms with Gasteiger partial charge in [0.15, 0.2) is 0 Å². The maximum atomic E-state index is 12.0. The van der Waals surface area contributed by atoms with E-state index in [1.54, 1.807) is 11.9 Å². The molecule has 2 fully saturated rings. The van der Waals surface area contributed by atoms with Crippen LogP contribution in [0.1, 0.15) is 25.7 Å². The Hall–Kier alpha value is -1.83. The van der Waals surface area contributed by atoms with Crippen molar-refractivity contribution in [3.63, 3.8) is 0 Å². The van der Waals surface area contributed by atoms with Crippen molar-refractivity contribution < 1.29 is 24.2 Å². The van der Waals surface area contributed by atoms with E-state index in [0.29, 0.717) is 32.6 Å². The Balaban J connectivity index is 1.91. The first-order valence-corrected chi connectivity index (χ1v) is 7.07. The normalized spacial score (nSPS) is 25.3. The number of rotatable bonds is 3. The molecule has 0 aromatic heterocycles. The summed E-state index contributed by atoms with van der Waals surface area (Å²) < 4.78 is 5.15.